The van der Waals surface area contributed by atoms with Crippen molar-refractivity contribution in [1.82, 2.24) is 29.8 Å². The van der Waals surface area contributed by atoms with Crippen LogP contribution < -0.4 is 16.8 Å². The summed E-state index contributed by atoms with van der Waals surface area (Å²) in [4.78, 5) is 36.0. The van der Waals surface area contributed by atoms with Gasteiger partial charge in [0.25, 0.3) is 0 Å². The summed E-state index contributed by atoms with van der Waals surface area (Å²) in [5, 5.41) is 12.6. The first-order valence-corrected chi connectivity index (χ1v) is 14.7. The first kappa shape index (κ1) is 29.7. The predicted octanol–water partition coefficient (Wildman–Crippen LogP) is 4.73. The van der Waals surface area contributed by atoms with E-state index in [-0.39, 0.29) is 30.5 Å². The molecule has 1 aliphatic carbocycles. The third kappa shape index (κ3) is 6.06. The highest BCUT2D eigenvalue weighted by Crippen LogP contribution is 2.47. The van der Waals surface area contributed by atoms with Crippen LogP contribution in [0.1, 0.15) is 69.0 Å². The van der Waals surface area contributed by atoms with Crippen LogP contribution in [0.25, 0.3) is 28.0 Å². The maximum Gasteiger partial charge on any atom is 0.312 e. The summed E-state index contributed by atoms with van der Waals surface area (Å²) in [6, 6.07) is 13.6. The van der Waals surface area contributed by atoms with Crippen LogP contribution in [0.5, 0.6) is 0 Å². The zero-order valence-electron chi connectivity index (χ0n) is 24.7. The molecule has 3 amide bonds. The number of nitrogens with two attached hydrogens (primary N) is 2. The molecular weight excluding hydrogens is 542 g/mol. The second kappa shape index (κ2) is 12.6. The highest BCUT2D eigenvalue weighted by molar-refractivity contribution is 5.84. The Kier molecular flexibility index (Phi) is 8.70. The highest BCUT2D eigenvalue weighted by Gasteiger charge is 2.38. The molecule has 0 radical (unpaired) electrons. The second-order valence-electron chi connectivity index (χ2n) is 11.4. The van der Waals surface area contributed by atoms with Crippen molar-refractivity contribution in [1.29, 1.82) is 5.41 Å². The SMILES string of the molecule is C=N.CC(CC1CCC(C)N1C(=O)CNC(N)=O)c1nc2c(-c3ccc(-c4ccccc4)nc3)cnn2c(N)c1C1CC1. The molecule has 2 aliphatic rings. The van der Waals surface area contributed by atoms with Crippen molar-refractivity contribution in [3.63, 3.8) is 0 Å². The van der Waals surface area contributed by atoms with E-state index in [0.717, 1.165) is 65.7 Å². The molecule has 0 spiro atoms. The van der Waals surface area contributed by atoms with E-state index in [1.165, 1.54) is 0 Å². The van der Waals surface area contributed by atoms with Gasteiger partial charge in [-0.05, 0) is 57.7 Å². The van der Waals surface area contributed by atoms with Crippen molar-refractivity contribution < 1.29 is 9.59 Å². The number of amides is 3. The smallest absolute Gasteiger partial charge is 0.312 e. The number of fused-ring (bicyclic) bond motifs is 1. The van der Waals surface area contributed by atoms with Gasteiger partial charge in [0.15, 0.2) is 5.65 Å². The largest absolute Gasteiger partial charge is 0.383 e. The molecule has 1 aliphatic heterocycles. The van der Waals surface area contributed by atoms with Crippen LogP contribution in [0.4, 0.5) is 10.6 Å². The third-order valence-electron chi connectivity index (χ3n) is 8.46. The van der Waals surface area contributed by atoms with Crippen LogP contribution in [0.15, 0.2) is 54.9 Å². The lowest BCUT2D eigenvalue weighted by atomic mass is 9.92. The van der Waals surface area contributed by atoms with E-state index in [2.05, 4.69) is 31.0 Å². The normalized spacial score (nSPS) is 18.6. The molecule has 1 aromatic carbocycles. The molecule has 3 aromatic heterocycles. The number of nitrogen functional groups attached to an aromatic ring is 1. The van der Waals surface area contributed by atoms with Gasteiger partial charge in [0.1, 0.15) is 5.82 Å². The Balaban J connectivity index is 0.00000180. The van der Waals surface area contributed by atoms with Crippen LogP contribution in [-0.2, 0) is 4.79 Å². The summed E-state index contributed by atoms with van der Waals surface area (Å²) in [7, 11) is 0. The summed E-state index contributed by atoms with van der Waals surface area (Å²) in [5.74, 6) is 0.969. The fourth-order valence-corrected chi connectivity index (χ4v) is 6.27. The van der Waals surface area contributed by atoms with E-state index in [1.807, 2.05) is 59.8 Å². The van der Waals surface area contributed by atoms with Crippen LogP contribution >= 0.6 is 0 Å². The molecule has 3 unspecified atom stereocenters. The Morgan fingerprint density at radius 3 is 2.47 bits per heavy atom. The lowest BCUT2D eigenvalue weighted by Gasteiger charge is -2.31. The number of benzene rings is 1. The van der Waals surface area contributed by atoms with Crippen molar-refractivity contribution in [2.45, 2.75) is 69.9 Å². The van der Waals surface area contributed by atoms with Crippen molar-refractivity contribution in [3.05, 3.63) is 66.1 Å². The lowest BCUT2D eigenvalue weighted by molar-refractivity contribution is -0.132. The van der Waals surface area contributed by atoms with Gasteiger partial charge in [-0.1, -0.05) is 43.3 Å². The van der Waals surface area contributed by atoms with Crippen molar-refractivity contribution in [2.75, 3.05) is 12.3 Å². The number of aromatic nitrogens is 4. The van der Waals surface area contributed by atoms with E-state index < -0.39 is 6.03 Å². The van der Waals surface area contributed by atoms with Crippen molar-refractivity contribution >= 4 is 30.1 Å². The minimum Gasteiger partial charge on any atom is -0.383 e. The van der Waals surface area contributed by atoms with Crippen LogP contribution in [0.3, 0.4) is 0 Å². The van der Waals surface area contributed by atoms with Gasteiger partial charge in [-0.2, -0.15) is 9.61 Å². The van der Waals surface area contributed by atoms with E-state index in [0.29, 0.717) is 17.4 Å². The highest BCUT2D eigenvalue weighted by atomic mass is 16.2. The summed E-state index contributed by atoms with van der Waals surface area (Å²) < 4.78 is 1.76. The van der Waals surface area contributed by atoms with Gasteiger partial charge >= 0.3 is 6.03 Å². The molecule has 43 heavy (non-hydrogen) atoms. The Bertz CT molecular complexity index is 1600. The van der Waals surface area contributed by atoms with Crippen LogP contribution in [0, 0.1) is 5.41 Å². The Morgan fingerprint density at radius 2 is 1.81 bits per heavy atom. The standard InChI is InChI=1S/C31H36N8O2.CH3N/c1-18(14-23-12-8-19(2)38(23)26(40)17-35-31(33)41)28-27(21-9-10-21)29(32)39-30(37-28)24(16-36-39)22-11-13-25(34-15-22)20-6-4-3-5-7-20;1-2/h3-7,11,13,15-16,18-19,21,23H,8-10,12,14,17,32H2,1-2H3,(H3,33,35,41);2H,1H2. The van der Waals surface area contributed by atoms with Gasteiger partial charge in [-0.25, -0.2) is 9.78 Å². The molecular formula is C32H39N9O2. The monoisotopic (exact) mass is 581 g/mol. The van der Waals surface area contributed by atoms with Gasteiger partial charge in [-0.15, -0.1) is 0 Å². The molecule has 6 N–H and O–H groups in total. The summed E-state index contributed by atoms with van der Waals surface area (Å²) in [5.41, 5.74) is 18.5. The van der Waals surface area contributed by atoms with Gasteiger partial charge in [-0.3, -0.25) is 9.78 Å². The fourth-order valence-electron chi connectivity index (χ4n) is 6.27. The van der Waals surface area contributed by atoms with Crippen LogP contribution in [-0.4, -0.2) is 61.8 Å². The van der Waals surface area contributed by atoms with Gasteiger partial charge < -0.3 is 27.1 Å². The number of anilines is 1. The minimum atomic E-state index is -0.696. The van der Waals surface area contributed by atoms with Gasteiger partial charge in [0.05, 0.1) is 24.1 Å². The van der Waals surface area contributed by atoms with Gasteiger partial charge in [0, 0.05) is 46.5 Å². The topological polar surface area (TPSA) is 168 Å². The van der Waals surface area contributed by atoms with E-state index in [1.54, 1.807) is 4.52 Å². The zero-order valence-corrected chi connectivity index (χ0v) is 24.7. The number of carbonyl (C=O) groups excluding carboxylic acids is 2. The molecule has 4 heterocycles. The molecule has 3 atom stereocenters. The number of pyridine rings is 1. The Morgan fingerprint density at radius 1 is 1.07 bits per heavy atom. The van der Waals surface area contributed by atoms with Crippen molar-refractivity contribution in [2.24, 2.45) is 5.73 Å². The second-order valence-corrected chi connectivity index (χ2v) is 11.4. The molecule has 0 bridgehead atoms. The number of rotatable bonds is 8. The number of hydrogen-bond acceptors (Lipinski definition) is 7. The zero-order chi connectivity index (χ0) is 30.7. The lowest BCUT2D eigenvalue weighted by Crippen LogP contribution is -2.46. The number of hydrogen-bond donors (Lipinski definition) is 4. The Hall–Kier alpha value is -4.80. The molecule has 1 saturated heterocycles. The first-order chi connectivity index (χ1) is 20.8. The number of primary amides is 1. The quantitative estimate of drug-likeness (QED) is 0.219. The Labute approximate surface area is 251 Å². The third-order valence-corrected chi connectivity index (χ3v) is 8.46. The number of nitrogens with one attached hydrogen (secondary N) is 2. The molecule has 224 valence electrons. The summed E-state index contributed by atoms with van der Waals surface area (Å²) in [6.45, 7) is 6.63. The fraction of sp³-hybridized carbons (Fsp3) is 0.375. The molecule has 1 saturated carbocycles. The molecule has 6 rings (SSSR count). The molecule has 4 aromatic rings. The first-order valence-electron chi connectivity index (χ1n) is 14.7. The predicted molar refractivity (Wildman–Crippen MR) is 168 cm³/mol. The molecule has 11 heteroatoms. The van der Waals surface area contributed by atoms with Crippen molar-refractivity contribution in [3.8, 4) is 22.4 Å². The summed E-state index contributed by atoms with van der Waals surface area (Å²) >= 11 is 0. The van der Waals surface area contributed by atoms with E-state index in [9.17, 15) is 9.59 Å². The number of urea groups is 1. The average Bonchev–Trinajstić information content (AvgIpc) is 3.66. The number of nitrogens with zero attached hydrogens (tertiary/aromatic N) is 5. The summed E-state index contributed by atoms with van der Waals surface area (Å²) in [6.07, 6.45) is 8.42. The molecule has 11 nitrogen and oxygen atoms in total. The minimum absolute atomic E-state index is 0.0487. The van der Waals surface area contributed by atoms with Crippen LogP contribution in [0.2, 0.25) is 0 Å². The maximum absolute atomic E-state index is 13.0. The number of likely N-dealkylation sites (tertiary alicyclic amines) is 1. The van der Waals surface area contributed by atoms with Gasteiger partial charge in [0.2, 0.25) is 5.91 Å². The van der Waals surface area contributed by atoms with E-state index >= 15 is 0 Å². The molecule has 2 fully saturated rings. The maximum atomic E-state index is 13.0. The average molecular weight is 582 g/mol. The number of carbonyl (C=O) groups is 2. The van der Waals surface area contributed by atoms with E-state index in [4.69, 9.17) is 26.8 Å².